The number of H-pyrrole nitrogens is 1. The lowest BCUT2D eigenvalue weighted by Gasteiger charge is -2.10. The summed E-state index contributed by atoms with van der Waals surface area (Å²) in [5, 5.41) is 19.8. The highest BCUT2D eigenvalue weighted by atomic mass is 35.5. The number of aromatic hydroxyl groups is 1. The maximum atomic E-state index is 12.6. The number of aromatic amines is 1. The lowest BCUT2D eigenvalue weighted by Crippen LogP contribution is -2.15. The fourth-order valence-electron chi connectivity index (χ4n) is 2.82. The first-order valence-electron chi connectivity index (χ1n) is 8.69. The van der Waals surface area contributed by atoms with Crippen LogP contribution in [0.4, 0.5) is 11.5 Å². The Balaban J connectivity index is 1.52. The van der Waals surface area contributed by atoms with Gasteiger partial charge in [-0.05, 0) is 48.5 Å². The van der Waals surface area contributed by atoms with Crippen LogP contribution in [-0.4, -0.2) is 29.6 Å². The maximum Gasteiger partial charge on any atom is 0.261 e. The number of carbonyl (C=O) groups excluding carboxylic acids is 1. The van der Waals surface area contributed by atoms with Crippen LogP contribution in [0.2, 0.25) is 5.02 Å². The second-order valence-corrected chi connectivity index (χ2v) is 8.46. The molecule has 4 rings (SSSR count). The smallest absolute Gasteiger partial charge is 0.261 e. The van der Waals surface area contributed by atoms with E-state index in [-0.39, 0.29) is 26.9 Å². The molecule has 0 aliphatic rings. The van der Waals surface area contributed by atoms with Gasteiger partial charge < -0.3 is 10.4 Å². The minimum absolute atomic E-state index is 0.0142. The lowest BCUT2D eigenvalue weighted by molar-refractivity contribution is 0.102. The van der Waals surface area contributed by atoms with Gasteiger partial charge >= 0.3 is 0 Å². The third-order valence-corrected chi connectivity index (χ3v) is 6.03. The number of hydrogen-bond acceptors (Lipinski definition) is 5. The monoisotopic (exact) mass is 442 g/mol. The summed E-state index contributed by atoms with van der Waals surface area (Å²) in [5.74, 6) is -0.0854. The molecule has 0 spiro atoms. The second kappa shape index (κ2) is 7.69. The number of halogens is 1. The number of fused-ring (bicyclic) bond motifs is 1. The van der Waals surface area contributed by atoms with Crippen LogP contribution in [0, 0.1) is 0 Å². The van der Waals surface area contributed by atoms with Crippen LogP contribution in [0.15, 0.2) is 71.6 Å². The highest BCUT2D eigenvalue weighted by molar-refractivity contribution is 7.92. The van der Waals surface area contributed by atoms with Crippen molar-refractivity contribution in [3.63, 3.8) is 0 Å². The van der Waals surface area contributed by atoms with E-state index in [1.165, 1.54) is 36.4 Å². The summed E-state index contributed by atoms with van der Waals surface area (Å²) < 4.78 is 27.5. The molecule has 3 aromatic carbocycles. The molecule has 8 nitrogen and oxygen atoms in total. The van der Waals surface area contributed by atoms with Crippen LogP contribution < -0.4 is 10.0 Å². The zero-order chi connectivity index (χ0) is 21.3. The van der Waals surface area contributed by atoms with Crippen molar-refractivity contribution >= 4 is 49.9 Å². The molecular weight excluding hydrogens is 428 g/mol. The third-order valence-electron chi connectivity index (χ3n) is 4.32. The van der Waals surface area contributed by atoms with Crippen LogP contribution in [-0.2, 0) is 10.0 Å². The number of nitrogens with one attached hydrogen (secondary N) is 3. The summed E-state index contributed by atoms with van der Waals surface area (Å²) in [4.78, 5) is 12.5. The predicted molar refractivity (Wildman–Crippen MR) is 114 cm³/mol. The van der Waals surface area contributed by atoms with Gasteiger partial charge in [0.1, 0.15) is 5.75 Å². The molecular formula is C20H15ClN4O4S. The minimum Gasteiger partial charge on any atom is -0.508 e. The molecule has 0 saturated heterocycles. The number of aromatic nitrogens is 2. The number of nitrogens with zero attached hydrogens (tertiary/aromatic N) is 1. The molecule has 1 heterocycles. The number of benzene rings is 3. The van der Waals surface area contributed by atoms with E-state index in [1.807, 2.05) is 0 Å². The summed E-state index contributed by atoms with van der Waals surface area (Å²) in [6.07, 6.45) is 0. The fourth-order valence-corrected chi connectivity index (χ4v) is 4.13. The first kappa shape index (κ1) is 19.7. The quantitative estimate of drug-likeness (QED) is 0.372. The molecule has 0 radical (unpaired) electrons. The molecule has 10 heteroatoms. The molecule has 1 amide bonds. The molecule has 4 aromatic rings. The van der Waals surface area contributed by atoms with Crippen LogP contribution in [0.25, 0.3) is 10.9 Å². The van der Waals surface area contributed by atoms with Gasteiger partial charge in [0, 0.05) is 17.0 Å². The minimum atomic E-state index is -3.87. The van der Waals surface area contributed by atoms with Gasteiger partial charge in [0.05, 0.1) is 21.1 Å². The van der Waals surface area contributed by atoms with Crippen molar-refractivity contribution in [2.24, 2.45) is 0 Å². The van der Waals surface area contributed by atoms with Crippen LogP contribution in [0.1, 0.15) is 10.4 Å². The number of phenols is 1. The Bertz CT molecular complexity index is 1350. The Morgan fingerprint density at radius 2 is 1.77 bits per heavy atom. The van der Waals surface area contributed by atoms with E-state index in [0.717, 1.165) is 0 Å². The summed E-state index contributed by atoms with van der Waals surface area (Å²) in [6, 6.07) is 16.5. The van der Waals surface area contributed by atoms with Crippen molar-refractivity contribution in [2.45, 2.75) is 4.90 Å². The molecule has 30 heavy (non-hydrogen) atoms. The molecule has 4 N–H and O–H groups in total. The molecule has 0 fully saturated rings. The van der Waals surface area contributed by atoms with Crippen molar-refractivity contribution in [3.8, 4) is 5.75 Å². The zero-order valence-corrected chi connectivity index (χ0v) is 16.8. The SMILES string of the molecule is O=C(Nc1n[nH]c2cc(O)ccc12)c1ccc(S(=O)(=O)Nc2ccccc2Cl)cc1. The lowest BCUT2D eigenvalue weighted by atomic mass is 10.2. The largest absolute Gasteiger partial charge is 0.508 e. The normalized spacial score (nSPS) is 11.4. The number of phenolic OH excluding ortho intramolecular Hbond substituents is 1. The highest BCUT2D eigenvalue weighted by Gasteiger charge is 2.17. The van der Waals surface area contributed by atoms with E-state index < -0.39 is 15.9 Å². The Hall–Kier alpha value is -3.56. The van der Waals surface area contributed by atoms with Gasteiger partial charge in [-0.25, -0.2) is 8.42 Å². The first-order valence-corrected chi connectivity index (χ1v) is 10.6. The highest BCUT2D eigenvalue weighted by Crippen LogP contribution is 2.26. The van der Waals surface area contributed by atoms with Crippen LogP contribution in [0.5, 0.6) is 5.75 Å². The van der Waals surface area contributed by atoms with Crippen molar-refractivity contribution in [1.29, 1.82) is 0 Å². The van der Waals surface area contributed by atoms with Gasteiger partial charge in [-0.3, -0.25) is 14.6 Å². The van der Waals surface area contributed by atoms with Crippen molar-refractivity contribution in [1.82, 2.24) is 10.2 Å². The number of para-hydroxylation sites is 1. The summed E-state index contributed by atoms with van der Waals surface area (Å²) in [5.41, 5.74) is 1.08. The van der Waals surface area contributed by atoms with E-state index >= 15 is 0 Å². The molecule has 0 unspecified atom stereocenters. The van der Waals surface area contributed by atoms with Gasteiger partial charge in [0.25, 0.3) is 15.9 Å². The molecule has 0 bridgehead atoms. The molecule has 0 aliphatic carbocycles. The standard InChI is InChI=1S/C20H15ClN4O4S/c21-16-3-1-2-4-17(16)25-30(28,29)14-8-5-12(6-9-14)20(27)22-19-15-10-7-13(26)11-18(15)23-24-19/h1-11,25-26H,(H2,22,23,24,27). The van der Waals surface area contributed by atoms with Crippen LogP contribution in [0.3, 0.4) is 0 Å². The Kier molecular flexibility index (Phi) is 5.06. The topological polar surface area (TPSA) is 124 Å². The maximum absolute atomic E-state index is 12.6. The number of anilines is 2. The van der Waals surface area contributed by atoms with Gasteiger partial charge in [0.2, 0.25) is 0 Å². The number of rotatable bonds is 5. The summed E-state index contributed by atoms with van der Waals surface area (Å²) >= 11 is 6.00. The van der Waals surface area contributed by atoms with Crippen molar-refractivity contribution < 1.29 is 18.3 Å². The zero-order valence-electron chi connectivity index (χ0n) is 15.3. The Morgan fingerprint density at radius 3 is 2.50 bits per heavy atom. The average molecular weight is 443 g/mol. The molecule has 1 aromatic heterocycles. The molecule has 0 atom stereocenters. The van der Waals surface area contributed by atoms with Crippen molar-refractivity contribution in [2.75, 3.05) is 10.0 Å². The predicted octanol–water partition coefficient (Wildman–Crippen LogP) is 3.98. The number of amides is 1. The Labute approximate surface area is 176 Å². The first-order chi connectivity index (χ1) is 14.3. The average Bonchev–Trinajstić information content (AvgIpc) is 3.11. The fraction of sp³-hybridized carbons (Fsp3) is 0. The van der Waals surface area contributed by atoms with Gasteiger partial charge in [-0.2, -0.15) is 5.10 Å². The van der Waals surface area contributed by atoms with Gasteiger partial charge in [-0.15, -0.1) is 0 Å². The van der Waals surface area contributed by atoms with E-state index in [4.69, 9.17) is 11.6 Å². The molecule has 0 aliphatic heterocycles. The summed E-state index contributed by atoms with van der Waals surface area (Å²) in [7, 11) is -3.87. The van der Waals surface area contributed by atoms with Gasteiger partial charge in [0.15, 0.2) is 5.82 Å². The van der Waals surface area contributed by atoms with E-state index in [0.29, 0.717) is 16.7 Å². The van der Waals surface area contributed by atoms with E-state index in [9.17, 15) is 18.3 Å². The molecule has 0 saturated carbocycles. The number of carbonyl (C=O) groups is 1. The number of hydrogen-bond donors (Lipinski definition) is 4. The molecule has 152 valence electrons. The van der Waals surface area contributed by atoms with Gasteiger partial charge in [-0.1, -0.05) is 23.7 Å². The van der Waals surface area contributed by atoms with Crippen LogP contribution >= 0.6 is 11.6 Å². The summed E-state index contributed by atoms with van der Waals surface area (Å²) in [6.45, 7) is 0. The van der Waals surface area contributed by atoms with Crippen molar-refractivity contribution in [3.05, 3.63) is 77.3 Å². The second-order valence-electron chi connectivity index (χ2n) is 6.37. The third kappa shape index (κ3) is 3.93. The Morgan fingerprint density at radius 1 is 1.03 bits per heavy atom. The van der Waals surface area contributed by atoms with E-state index in [1.54, 1.807) is 30.3 Å². The van der Waals surface area contributed by atoms with E-state index in [2.05, 4.69) is 20.2 Å². The number of sulfonamides is 1.